The highest BCUT2D eigenvalue weighted by atomic mass is 16.2. The van der Waals surface area contributed by atoms with E-state index in [1.165, 1.54) is 6.92 Å². The number of anilines is 1. The number of fused-ring (bicyclic) bond motifs is 1. The summed E-state index contributed by atoms with van der Waals surface area (Å²) in [5.41, 5.74) is 1.51. The molecule has 1 fully saturated rings. The van der Waals surface area contributed by atoms with Crippen LogP contribution in [0.25, 0.3) is 10.9 Å². The fourth-order valence-electron chi connectivity index (χ4n) is 3.21. The van der Waals surface area contributed by atoms with Gasteiger partial charge in [0.2, 0.25) is 5.91 Å². The Morgan fingerprint density at radius 2 is 2.08 bits per heavy atom. The van der Waals surface area contributed by atoms with Crippen LogP contribution in [0.1, 0.15) is 23.7 Å². The second-order valence-corrected chi connectivity index (χ2v) is 6.78. The lowest BCUT2D eigenvalue weighted by Crippen LogP contribution is -2.32. The maximum atomic E-state index is 13.1. The van der Waals surface area contributed by atoms with Gasteiger partial charge < -0.3 is 15.1 Å². The Kier molecular flexibility index (Phi) is 4.88. The highest BCUT2D eigenvalue weighted by Gasteiger charge is 2.28. The number of pyridine rings is 1. The predicted molar refractivity (Wildman–Crippen MR) is 98.8 cm³/mol. The van der Waals surface area contributed by atoms with Gasteiger partial charge in [0.05, 0.1) is 11.1 Å². The summed E-state index contributed by atoms with van der Waals surface area (Å²) in [4.78, 5) is 32.6. The van der Waals surface area contributed by atoms with E-state index < -0.39 is 0 Å². The van der Waals surface area contributed by atoms with Crippen molar-refractivity contribution in [2.75, 3.05) is 38.6 Å². The van der Waals surface area contributed by atoms with Crippen molar-refractivity contribution in [3.8, 4) is 0 Å². The molecule has 0 spiro atoms. The summed E-state index contributed by atoms with van der Waals surface area (Å²) in [5.74, 6) is 1.10. The Hall–Kier alpha value is -2.63. The number of rotatable bonds is 4. The standard InChI is InChI=1S/C19H24N4O2/c1-13(24)20-11-14-8-9-23(12-14)19(25)16-10-18(22(2)3)21-17-7-5-4-6-15(16)17/h4-7,10,14H,8-9,11-12H2,1-3H3,(H,20,24). The average Bonchev–Trinajstić information content (AvgIpc) is 3.07. The summed E-state index contributed by atoms with van der Waals surface area (Å²) in [6.45, 7) is 3.53. The SMILES string of the molecule is CC(=O)NCC1CCN(C(=O)c2cc(N(C)C)nc3ccccc23)C1. The minimum atomic E-state index is -0.0273. The van der Waals surface area contributed by atoms with Gasteiger partial charge in [-0.2, -0.15) is 0 Å². The number of aromatic nitrogens is 1. The second-order valence-electron chi connectivity index (χ2n) is 6.78. The molecule has 0 saturated carbocycles. The molecule has 6 heteroatoms. The van der Waals surface area contributed by atoms with Crippen LogP contribution in [0.2, 0.25) is 0 Å². The largest absolute Gasteiger partial charge is 0.363 e. The third kappa shape index (κ3) is 3.73. The molecule has 0 aliphatic carbocycles. The first-order valence-electron chi connectivity index (χ1n) is 8.56. The van der Waals surface area contributed by atoms with E-state index in [2.05, 4.69) is 10.3 Å². The first-order chi connectivity index (χ1) is 12.0. The van der Waals surface area contributed by atoms with Crippen molar-refractivity contribution >= 4 is 28.5 Å². The van der Waals surface area contributed by atoms with Gasteiger partial charge >= 0.3 is 0 Å². The summed E-state index contributed by atoms with van der Waals surface area (Å²) in [7, 11) is 3.84. The number of benzene rings is 1. The smallest absolute Gasteiger partial charge is 0.254 e. The molecule has 1 unspecified atom stereocenters. The second kappa shape index (κ2) is 7.09. The highest BCUT2D eigenvalue weighted by Crippen LogP contribution is 2.25. The molecule has 1 aromatic carbocycles. The van der Waals surface area contributed by atoms with Crippen molar-refractivity contribution < 1.29 is 9.59 Å². The van der Waals surface area contributed by atoms with Crippen LogP contribution in [0, 0.1) is 5.92 Å². The van der Waals surface area contributed by atoms with E-state index in [-0.39, 0.29) is 11.8 Å². The fraction of sp³-hybridized carbons (Fsp3) is 0.421. The van der Waals surface area contributed by atoms with Crippen LogP contribution in [-0.2, 0) is 4.79 Å². The van der Waals surface area contributed by atoms with Crippen LogP contribution in [-0.4, -0.2) is 55.4 Å². The molecule has 25 heavy (non-hydrogen) atoms. The Morgan fingerprint density at radius 1 is 1.32 bits per heavy atom. The molecular formula is C19H24N4O2. The third-order valence-corrected chi connectivity index (χ3v) is 4.60. The van der Waals surface area contributed by atoms with Gasteiger partial charge in [-0.05, 0) is 24.5 Å². The summed E-state index contributed by atoms with van der Waals surface area (Å²) in [6.07, 6.45) is 0.912. The lowest BCUT2D eigenvalue weighted by molar-refractivity contribution is -0.119. The molecule has 2 aromatic rings. The predicted octanol–water partition coefficient (Wildman–Crippen LogP) is 1.90. The van der Waals surface area contributed by atoms with E-state index in [9.17, 15) is 9.59 Å². The number of nitrogens with one attached hydrogen (secondary N) is 1. The molecule has 1 aromatic heterocycles. The number of carbonyl (C=O) groups excluding carboxylic acids is 2. The van der Waals surface area contributed by atoms with Crippen LogP contribution in [0.15, 0.2) is 30.3 Å². The van der Waals surface area contributed by atoms with Crippen LogP contribution in [0.3, 0.4) is 0 Å². The Labute approximate surface area is 147 Å². The zero-order chi connectivity index (χ0) is 18.0. The summed E-state index contributed by atoms with van der Waals surface area (Å²) in [6, 6.07) is 9.61. The molecule has 1 saturated heterocycles. The maximum absolute atomic E-state index is 13.1. The summed E-state index contributed by atoms with van der Waals surface area (Å²) in [5, 5.41) is 3.72. The van der Waals surface area contributed by atoms with Gasteiger partial charge in [-0.1, -0.05) is 18.2 Å². The Morgan fingerprint density at radius 3 is 2.80 bits per heavy atom. The number of carbonyl (C=O) groups is 2. The zero-order valence-corrected chi connectivity index (χ0v) is 15.0. The molecule has 0 bridgehead atoms. The van der Waals surface area contributed by atoms with E-state index in [1.807, 2.05) is 54.2 Å². The number of hydrogen-bond donors (Lipinski definition) is 1. The van der Waals surface area contributed by atoms with Crippen molar-refractivity contribution in [1.29, 1.82) is 0 Å². The average molecular weight is 340 g/mol. The van der Waals surface area contributed by atoms with Crippen LogP contribution >= 0.6 is 0 Å². The van der Waals surface area contributed by atoms with Gasteiger partial charge in [-0.25, -0.2) is 4.98 Å². The minimum absolute atomic E-state index is 0.0273. The quantitative estimate of drug-likeness (QED) is 0.923. The van der Waals surface area contributed by atoms with Crippen LogP contribution < -0.4 is 10.2 Å². The van der Waals surface area contributed by atoms with Gasteiger partial charge in [0.1, 0.15) is 5.82 Å². The van der Waals surface area contributed by atoms with E-state index in [4.69, 9.17) is 0 Å². The number of amides is 2. The molecule has 6 nitrogen and oxygen atoms in total. The Bertz CT molecular complexity index is 803. The lowest BCUT2D eigenvalue weighted by atomic mass is 10.1. The van der Waals surface area contributed by atoms with E-state index in [1.54, 1.807) is 0 Å². The number of para-hydroxylation sites is 1. The number of hydrogen-bond acceptors (Lipinski definition) is 4. The molecule has 2 amide bonds. The van der Waals surface area contributed by atoms with Gasteiger partial charge in [0, 0.05) is 46.0 Å². The van der Waals surface area contributed by atoms with E-state index in [0.29, 0.717) is 24.6 Å². The monoisotopic (exact) mass is 340 g/mol. The summed E-state index contributed by atoms with van der Waals surface area (Å²) < 4.78 is 0. The van der Waals surface area contributed by atoms with Crippen molar-refractivity contribution in [1.82, 2.24) is 15.2 Å². The van der Waals surface area contributed by atoms with E-state index in [0.717, 1.165) is 29.7 Å². The van der Waals surface area contributed by atoms with Crippen molar-refractivity contribution in [2.24, 2.45) is 5.92 Å². The summed E-state index contributed by atoms with van der Waals surface area (Å²) >= 11 is 0. The zero-order valence-electron chi connectivity index (χ0n) is 15.0. The highest BCUT2D eigenvalue weighted by molar-refractivity contribution is 6.07. The molecule has 1 aliphatic rings. The van der Waals surface area contributed by atoms with Crippen LogP contribution in [0.5, 0.6) is 0 Å². The number of likely N-dealkylation sites (tertiary alicyclic amines) is 1. The number of nitrogens with zero attached hydrogens (tertiary/aromatic N) is 3. The minimum Gasteiger partial charge on any atom is -0.363 e. The van der Waals surface area contributed by atoms with Crippen molar-refractivity contribution in [3.05, 3.63) is 35.9 Å². The molecule has 1 atom stereocenters. The van der Waals surface area contributed by atoms with Gasteiger partial charge in [-0.15, -0.1) is 0 Å². The Balaban J connectivity index is 1.86. The first-order valence-corrected chi connectivity index (χ1v) is 8.56. The van der Waals surface area contributed by atoms with E-state index >= 15 is 0 Å². The van der Waals surface area contributed by atoms with Gasteiger partial charge in [-0.3, -0.25) is 9.59 Å². The normalized spacial score (nSPS) is 16.9. The van der Waals surface area contributed by atoms with Gasteiger partial charge in [0.25, 0.3) is 5.91 Å². The lowest BCUT2D eigenvalue weighted by Gasteiger charge is -2.20. The molecule has 1 aliphatic heterocycles. The molecular weight excluding hydrogens is 316 g/mol. The molecule has 3 rings (SSSR count). The van der Waals surface area contributed by atoms with Gasteiger partial charge in [0.15, 0.2) is 0 Å². The van der Waals surface area contributed by atoms with Crippen molar-refractivity contribution in [2.45, 2.75) is 13.3 Å². The third-order valence-electron chi connectivity index (χ3n) is 4.60. The molecule has 1 N–H and O–H groups in total. The molecule has 0 radical (unpaired) electrons. The first kappa shape index (κ1) is 17.2. The van der Waals surface area contributed by atoms with Crippen molar-refractivity contribution in [3.63, 3.8) is 0 Å². The maximum Gasteiger partial charge on any atom is 0.254 e. The van der Waals surface area contributed by atoms with Crippen LogP contribution in [0.4, 0.5) is 5.82 Å². The fourth-order valence-corrected chi connectivity index (χ4v) is 3.21. The molecule has 2 heterocycles. The molecule has 132 valence electrons. The topological polar surface area (TPSA) is 65.5 Å².